The summed E-state index contributed by atoms with van der Waals surface area (Å²) >= 11 is 1.47. The molecular weight excluding hydrogens is 264 g/mol. The van der Waals surface area contributed by atoms with Crippen molar-refractivity contribution in [3.8, 4) is 0 Å². The van der Waals surface area contributed by atoms with E-state index >= 15 is 0 Å². The van der Waals surface area contributed by atoms with Gasteiger partial charge in [-0.1, -0.05) is 6.92 Å². The third-order valence-corrected chi connectivity index (χ3v) is 4.56. The van der Waals surface area contributed by atoms with Gasteiger partial charge in [-0.05, 0) is 24.8 Å². The first-order valence-corrected chi connectivity index (χ1v) is 7.13. The van der Waals surface area contributed by atoms with E-state index in [1.165, 1.54) is 23.3 Å². The van der Waals surface area contributed by atoms with Crippen molar-refractivity contribution < 1.29 is 14.3 Å². The number of nitrogens with one attached hydrogen (secondary N) is 1. The summed E-state index contributed by atoms with van der Waals surface area (Å²) in [6.45, 7) is 2.04. The highest BCUT2D eigenvalue weighted by Crippen LogP contribution is 2.39. The molecular formula is C13H18N2O3S. The maximum atomic E-state index is 11.9. The van der Waals surface area contributed by atoms with Crippen LogP contribution in [-0.4, -0.2) is 25.5 Å². The predicted molar refractivity (Wildman–Crippen MR) is 74.5 cm³/mol. The Kier molecular flexibility index (Phi) is 4.21. The second kappa shape index (κ2) is 5.71. The fourth-order valence-electron chi connectivity index (χ4n) is 2.15. The van der Waals surface area contributed by atoms with E-state index < -0.39 is 0 Å². The van der Waals surface area contributed by atoms with Crippen molar-refractivity contribution in [2.45, 2.75) is 26.2 Å². The lowest BCUT2D eigenvalue weighted by atomic mass is 10.1. The molecule has 0 bridgehead atoms. The van der Waals surface area contributed by atoms with E-state index in [1.54, 1.807) is 6.92 Å². The van der Waals surface area contributed by atoms with Gasteiger partial charge in [0.15, 0.2) is 0 Å². The van der Waals surface area contributed by atoms with E-state index in [4.69, 9.17) is 10.5 Å². The maximum Gasteiger partial charge on any atom is 0.341 e. The Morgan fingerprint density at radius 1 is 1.47 bits per heavy atom. The fraction of sp³-hybridized carbons (Fsp3) is 0.538. The number of ether oxygens (including phenoxy) is 1. The summed E-state index contributed by atoms with van der Waals surface area (Å²) in [4.78, 5) is 25.0. The summed E-state index contributed by atoms with van der Waals surface area (Å²) in [5.74, 6) is -0.815. The molecule has 0 fully saturated rings. The van der Waals surface area contributed by atoms with Crippen LogP contribution in [0.25, 0.3) is 0 Å². The quantitative estimate of drug-likeness (QED) is 0.821. The van der Waals surface area contributed by atoms with Crippen molar-refractivity contribution in [1.29, 1.82) is 0 Å². The van der Waals surface area contributed by atoms with Gasteiger partial charge in [-0.2, -0.15) is 0 Å². The van der Waals surface area contributed by atoms with Crippen LogP contribution >= 0.6 is 11.3 Å². The number of hydrogen-bond donors (Lipinski definition) is 2. The van der Waals surface area contributed by atoms with Gasteiger partial charge in [-0.15, -0.1) is 11.3 Å². The number of hydrogen-bond acceptors (Lipinski definition) is 5. The minimum atomic E-state index is -0.380. The molecule has 1 aliphatic rings. The van der Waals surface area contributed by atoms with E-state index in [2.05, 4.69) is 5.32 Å². The Hall–Kier alpha value is -1.40. The van der Waals surface area contributed by atoms with E-state index in [1.807, 2.05) is 0 Å². The first-order valence-electron chi connectivity index (χ1n) is 6.32. The van der Waals surface area contributed by atoms with E-state index in [0.29, 0.717) is 10.6 Å². The van der Waals surface area contributed by atoms with Crippen LogP contribution in [0.15, 0.2) is 0 Å². The van der Waals surface area contributed by atoms with Crippen molar-refractivity contribution >= 4 is 28.2 Å². The van der Waals surface area contributed by atoms with E-state index in [-0.39, 0.29) is 24.3 Å². The van der Waals surface area contributed by atoms with Crippen molar-refractivity contribution in [3.63, 3.8) is 0 Å². The molecule has 5 nitrogen and oxygen atoms in total. The first kappa shape index (κ1) is 14.0. The second-order valence-electron chi connectivity index (χ2n) is 4.68. The Morgan fingerprint density at radius 2 is 2.21 bits per heavy atom. The molecule has 1 aliphatic carbocycles. The number of nitrogens with two attached hydrogens (primary N) is 1. The molecule has 0 spiro atoms. The lowest BCUT2D eigenvalue weighted by molar-refractivity contribution is -0.119. The summed E-state index contributed by atoms with van der Waals surface area (Å²) in [6.07, 6.45) is 2.89. The number of fused-ring (bicyclic) bond motifs is 1. The number of rotatable bonds is 4. The minimum absolute atomic E-state index is 0.160. The van der Waals surface area contributed by atoms with Gasteiger partial charge in [0.1, 0.15) is 5.00 Å². The average molecular weight is 282 g/mol. The molecule has 1 aromatic rings. The standard InChI is InChI=1S/C13H18N2O3S/c1-7(6-14)11(16)15-12-10(13(17)18-2)8-4-3-5-9(8)19-12/h7H,3-6,14H2,1-2H3,(H,15,16). The highest BCUT2D eigenvalue weighted by atomic mass is 32.1. The topological polar surface area (TPSA) is 81.4 Å². The second-order valence-corrected chi connectivity index (χ2v) is 5.78. The van der Waals surface area contributed by atoms with Crippen molar-refractivity contribution in [3.05, 3.63) is 16.0 Å². The highest BCUT2D eigenvalue weighted by molar-refractivity contribution is 7.17. The maximum absolute atomic E-state index is 11.9. The number of aryl methyl sites for hydroxylation is 1. The summed E-state index contributed by atoms with van der Waals surface area (Å²) in [5.41, 5.74) is 7.03. The van der Waals surface area contributed by atoms with Gasteiger partial charge in [0, 0.05) is 17.3 Å². The number of esters is 1. The molecule has 3 N–H and O–H groups in total. The third kappa shape index (κ3) is 2.64. The Labute approximate surface area is 116 Å². The number of carbonyl (C=O) groups is 2. The summed E-state index contributed by atoms with van der Waals surface area (Å²) in [5, 5.41) is 3.40. The molecule has 2 rings (SSSR count). The van der Waals surface area contributed by atoms with Crippen molar-refractivity contribution in [1.82, 2.24) is 0 Å². The van der Waals surface area contributed by atoms with Gasteiger partial charge in [-0.25, -0.2) is 4.79 Å². The molecule has 1 heterocycles. The first-order chi connectivity index (χ1) is 9.08. The molecule has 0 aliphatic heterocycles. The Bertz CT molecular complexity index is 510. The van der Waals surface area contributed by atoms with Gasteiger partial charge in [0.2, 0.25) is 5.91 Å². The molecule has 19 heavy (non-hydrogen) atoms. The molecule has 1 amide bonds. The molecule has 1 atom stereocenters. The zero-order valence-electron chi connectivity index (χ0n) is 11.1. The number of thiophene rings is 1. The normalized spacial score (nSPS) is 14.9. The van der Waals surface area contributed by atoms with Crippen LogP contribution in [0.4, 0.5) is 5.00 Å². The van der Waals surface area contributed by atoms with E-state index in [9.17, 15) is 9.59 Å². The fourth-order valence-corrected chi connectivity index (χ4v) is 3.43. The molecule has 0 radical (unpaired) electrons. The Morgan fingerprint density at radius 3 is 2.84 bits per heavy atom. The van der Waals surface area contributed by atoms with Gasteiger partial charge in [0.25, 0.3) is 0 Å². The molecule has 1 unspecified atom stereocenters. The molecule has 0 saturated heterocycles. The highest BCUT2D eigenvalue weighted by Gasteiger charge is 2.28. The lowest BCUT2D eigenvalue weighted by Gasteiger charge is -2.10. The number of amides is 1. The summed E-state index contributed by atoms with van der Waals surface area (Å²) in [7, 11) is 1.36. The predicted octanol–water partition coefficient (Wildman–Crippen LogP) is 1.56. The largest absolute Gasteiger partial charge is 0.465 e. The van der Waals surface area contributed by atoms with Gasteiger partial charge in [0.05, 0.1) is 12.7 Å². The zero-order chi connectivity index (χ0) is 14.0. The molecule has 0 aromatic carbocycles. The monoisotopic (exact) mass is 282 g/mol. The van der Waals surface area contributed by atoms with Crippen LogP contribution in [0.3, 0.4) is 0 Å². The van der Waals surface area contributed by atoms with Crippen LogP contribution in [0, 0.1) is 5.92 Å². The SMILES string of the molecule is COC(=O)c1c(NC(=O)C(C)CN)sc2c1CCC2. The number of carbonyl (C=O) groups excluding carboxylic acids is 2. The molecule has 6 heteroatoms. The van der Waals surface area contributed by atoms with E-state index in [0.717, 1.165) is 24.8 Å². The number of anilines is 1. The van der Waals surface area contributed by atoms with Crippen LogP contribution in [0.2, 0.25) is 0 Å². The average Bonchev–Trinajstić information content (AvgIpc) is 2.96. The zero-order valence-corrected chi connectivity index (χ0v) is 11.9. The Balaban J connectivity index is 2.30. The molecule has 104 valence electrons. The van der Waals surface area contributed by atoms with Crippen LogP contribution in [0.1, 0.15) is 34.1 Å². The van der Waals surface area contributed by atoms with Crippen molar-refractivity contribution in [2.75, 3.05) is 19.0 Å². The van der Waals surface area contributed by atoms with Gasteiger partial charge < -0.3 is 15.8 Å². The van der Waals surface area contributed by atoms with Crippen molar-refractivity contribution in [2.24, 2.45) is 11.7 Å². The van der Waals surface area contributed by atoms with Crippen LogP contribution < -0.4 is 11.1 Å². The van der Waals surface area contributed by atoms with Crippen LogP contribution in [0.5, 0.6) is 0 Å². The van der Waals surface area contributed by atoms with Gasteiger partial charge >= 0.3 is 5.97 Å². The minimum Gasteiger partial charge on any atom is -0.465 e. The summed E-state index contributed by atoms with van der Waals surface area (Å²) in [6, 6.07) is 0. The smallest absolute Gasteiger partial charge is 0.341 e. The number of methoxy groups -OCH3 is 1. The molecule has 0 saturated carbocycles. The third-order valence-electron chi connectivity index (χ3n) is 3.35. The summed E-state index contributed by atoms with van der Waals surface area (Å²) < 4.78 is 4.82. The lowest BCUT2D eigenvalue weighted by Crippen LogP contribution is -2.27. The van der Waals surface area contributed by atoms with Gasteiger partial charge in [-0.3, -0.25) is 4.79 Å². The molecule has 1 aromatic heterocycles. The van der Waals surface area contributed by atoms with Crippen LogP contribution in [-0.2, 0) is 22.4 Å².